The van der Waals surface area contributed by atoms with Crippen molar-refractivity contribution in [2.24, 2.45) is 0 Å². The lowest BCUT2D eigenvalue weighted by molar-refractivity contribution is -0.139. The van der Waals surface area contributed by atoms with E-state index in [1.54, 1.807) is 0 Å². The Morgan fingerprint density at radius 1 is 1.29 bits per heavy atom. The number of para-hydroxylation sites is 2. The zero-order valence-corrected chi connectivity index (χ0v) is 11.9. The van der Waals surface area contributed by atoms with Gasteiger partial charge in [-0.15, -0.1) is 0 Å². The van der Waals surface area contributed by atoms with Crippen molar-refractivity contribution in [1.82, 2.24) is 9.55 Å². The number of fused-ring (bicyclic) bond motifs is 1. The molecule has 0 spiro atoms. The largest absolute Gasteiger partial charge is 0.393 e. The zero-order valence-electron chi connectivity index (χ0n) is 11.9. The average molecular weight is 300 g/mol. The molecule has 1 aromatic heterocycles. The molecule has 0 bridgehead atoms. The molecule has 1 atom stereocenters. The van der Waals surface area contributed by atoms with Crippen LogP contribution in [-0.2, 0) is 13.0 Å². The van der Waals surface area contributed by atoms with Crippen LogP contribution in [0.1, 0.15) is 32.0 Å². The van der Waals surface area contributed by atoms with Crippen LogP contribution in [-0.4, -0.2) is 26.9 Å². The molecule has 2 rings (SSSR count). The van der Waals surface area contributed by atoms with E-state index in [0.717, 1.165) is 24.0 Å². The van der Waals surface area contributed by atoms with Crippen LogP contribution in [0.5, 0.6) is 0 Å². The number of benzene rings is 1. The number of aliphatic hydroxyl groups is 1. The van der Waals surface area contributed by atoms with Crippen molar-refractivity contribution < 1.29 is 18.3 Å². The molecule has 0 saturated carbocycles. The van der Waals surface area contributed by atoms with E-state index >= 15 is 0 Å². The highest BCUT2D eigenvalue weighted by atomic mass is 19.4. The maximum absolute atomic E-state index is 12.2. The molecular formula is C15H19F3N2O. The van der Waals surface area contributed by atoms with Gasteiger partial charge in [0.05, 0.1) is 17.1 Å². The third kappa shape index (κ3) is 4.20. The van der Waals surface area contributed by atoms with Gasteiger partial charge in [-0.05, 0) is 25.0 Å². The first kappa shape index (κ1) is 15.8. The summed E-state index contributed by atoms with van der Waals surface area (Å²) in [5, 5.41) is 9.83. The van der Waals surface area contributed by atoms with Gasteiger partial charge in [0.25, 0.3) is 0 Å². The van der Waals surface area contributed by atoms with Crippen molar-refractivity contribution in [3.63, 3.8) is 0 Å². The number of rotatable bonds is 6. The van der Waals surface area contributed by atoms with Gasteiger partial charge in [0.2, 0.25) is 0 Å². The van der Waals surface area contributed by atoms with E-state index < -0.39 is 18.7 Å². The fraction of sp³-hybridized carbons (Fsp3) is 0.533. The number of imidazole rings is 1. The minimum Gasteiger partial charge on any atom is -0.393 e. The van der Waals surface area contributed by atoms with Crippen molar-refractivity contribution in [2.45, 2.75) is 51.4 Å². The summed E-state index contributed by atoms with van der Waals surface area (Å²) in [7, 11) is 0. The van der Waals surface area contributed by atoms with Crippen LogP contribution in [0.25, 0.3) is 11.0 Å². The molecule has 0 aliphatic carbocycles. The molecular weight excluding hydrogens is 281 g/mol. The van der Waals surface area contributed by atoms with Crippen LogP contribution >= 0.6 is 0 Å². The van der Waals surface area contributed by atoms with E-state index in [1.165, 1.54) is 0 Å². The molecule has 0 fully saturated rings. The number of hydrogen-bond acceptors (Lipinski definition) is 2. The van der Waals surface area contributed by atoms with E-state index in [1.807, 2.05) is 35.8 Å². The number of nitrogens with zero attached hydrogens (tertiary/aromatic N) is 2. The summed E-state index contributed by atoms with van der Waals surface area (Å²) < 4.78 is 38.5. The smallest absolute Gasteiger partial charge is 0.389 e. The Labute approximate surface area is 121 Å². The third-order valence-corrected chi connectivity index (χ3v) is 3.36. The standard InChI is InChI=1S/C15H19F3N2O/c1-2-9-20-13-6-4-3-5-12(13)19-14(20)10-11(21)7-8-15(16,17)18/h3-6,11,21H,2,7-10H2,1H3. The van der Waals surface area contributed by atoms with Gasteiger partial charge in [-0.2, -0.15) is 13.2 Å². The molecule has 2 aromatic rings. The van der Waals surface area contributed by atoms with Gasteiger partial charge in [-0.1, -0.05) is 19.1 Å². The van der Waals surface area contributed by atoms with E-state index in [2.05, 4.69) is 4.98 Å². The molecule has 0 radical (unpaired) electrons. The molecule has 0 amide bonds. The van der Waals surface area contributed by atoms with E-state index in [-0.39, 0.29) is 12.8 Å². The second kappa shape index (κ2) is 6.47. The Hall–Kier alpha value is -1.56. The summed E-state index contributed by atoms with van der Waals surface area (Å²) in [5.74, 6) is 0.646. The van der Waals surface area contributed by atoms with Crippen molar-refractivity contribution in [1.29, 1.82) is 0 Å². The van der Waals surface area contributed by atoms with Crippen molar-refractivity contribution in [3.05, 3.63) is 30.1 Å². The topological polar surface area (TPSA) is 38.0 Å². The Morgan fingerprint density at radius 2 is 2.00 bits per heavy atom. The lowest BCUT2D eigenvalue weighted by Gasteiger charge is -2.13. The highest BCUT2D eigenvalue weighted by molar-refractivity contribution is 5.75. The highest BCUT2D eigenvalue weighted by Gasteiger charge is 2.28. The second-order valence-corrected chi connectivity index (χ2v) is 5.18. The van der Waals surface area contributed by atoms with Crippen LogP contribution in [0.3, 0.4) is 0 Å². The predicted molar refractivity (Wildman–Crippen MR) is 75.0 cm³/mol. The predicted octanol–water partition coefficient (Wildman–Crippen LogP) is 3.69. The minimum atomic E-state index is -4.23. The van der Waals surface area contributed by atoms with Gasteiger partial charge in [-0.25, -0.2) is 4.98 Å². The number of aliphatic hydroxyl groups excluding tert-OH is 1. The number of hydrogen-bond donors (Lipinski definition) is 1. The van der Waals surface area contributed by atoms with Gasteiger partial charge >= 0.3 is 6.18 Å². The number of aryl methyl sites for hydroxylation is 1. The van der Waals surface area contributed by atoms with E-state index in [0.29, 0.717) is 5.82 Å². The quantitative estimate of drug-likeness (QED) is 0.883. The first-order valence-corrected chi connectivity index (χ1v) is 7.09. The van der Waals surface area contributed by atoms with Crippen LogP contribution < -0.4 is 0 Å². The van der Waals surface area contributed by atoms with E-state index in [9.17, 15) is 18.3 Å². The maximum atomic E-state index is 12.2. The summed E-state index contributed by atoms with van der Waals surface area (Å²) in [6, 6.07) is 7.58. The molecule has 1 heterocycles. The SMILES string of the molecule is CCCn1c(CC(O)CCC(F)(F)F)nc2ccccc21. The maximum Gasteiger partial charge on any atom is 0.389 e. The van der Waals surface area contributed by atoms with Crippen LogP contribution in [0.2, 0.25) is 0 Å². The van der Waals surface area contributed by atoms with Gasteiger partial charge in [-0.3, -0.25) is 0 Å². The zero-order chi connectivity index (χ0) is 15.5. The normalized spacial score (nSPS) is 13.8. The Balaban J connectivity index is 2.15. The van der Waals surface area contributed by atoms with Gasteiger partial charge in [0, 0.05) is 19.4 Å². The third-order valence-electron chi connectivity index (χ3n) is 3.36. The molecule has 116 valence electrons. The summed E-state index contributed by atoms with van der Waals surface area (Å²) in [6.07, 6.45) is -5.48. The fourth-order valence-electron chi connectivity index (χ4n) is 2.40. The first-order valence-electron chi connectivity index (χ1n) is 7.09. The Kier molecular flexibility index (Phi) is 4.88. The van der Waals surface area contributed by atoms with E-state index in [4.69, 9.17) is 0 Å². The van der Waals surface area contributed by atoms with Gasteiger partial charge in [0.1, 0.15) is 5.82 Å². The molecule has 1 aromatic carbocycles. The number of aromatic nitrogens is 2. The van der Waals surface area contributed by atoms with Crippen LogP contribution in [0.4, 0.5) is 13.2 Å². The average Bonchev–Trinajstić information content (AvgIpc) is 2.74. The molecule has 21 heavy (non-hydrogen) atoms. The molecule has 6 heteroatoms. The monoisotopic (exact) mass is 300 g/mol. The summed E-state index contributed by atoms with van der Waals surface area (Å²) in [4.78, 5) is 4.44. The lowest BCUT2D eigenvalue weighted by Crippen LogP contribution is -2.18. The second-order valence-electron chi connectivity index (χ2n) is 5.18. The lowest BCUT2D eigenvalue weighted by atomic mass is 10.1. The van der Waals surface area contributed by atoms with Crippen LogP contribution in [0, 0.1) is 0 Å². The molecule has 1 N–H and O–H groups in total. The molecule has 0 aliphatic rings. The Bertz CT molecular complexity index is 592. The number of halogens is 3. The van der Waals surface area contributed by atoms with Crippen molar-refractivity contribution >= 4 is 11.0 Å². The molecule has 0 aliphatic heterocycles. The van der Waals surface area contributed by atoms with Gasteiger partial charge < -0.3 is 9.67 Å². The molecule has 3 nitrogen and oxygen atoms in total. The van der Waals surface area contributed by atoms with Crippen molar-refractivity contribution in [2.75, 3.05) is 0 Å². The first-order chi connectivity index (χ1) is 9.90. The van der Waals surface area contributed by atoms with Crippen LogP contribution in [0.15, 0.2) is 24.3 Å². The fourth-order valence-corrected chi connectivity index (χ4v) is 2.40. The summed E-state index contributed by atoms with van der Waals surface area (Å²) in [6.45, 7) is 2.76. The van der Waals surface area contributed by atoms with Crippen molar-refractivity contribution in [3.8, 4) is 0 Å². The Morgan fingerprint density at radius 3 is 2.67 bits per heavy atom. The minimum absolute atomic E-state index is 0.144. The summed E-state index contributed by atoms with van der Waals surface area (Å²) in [5.41, 5.74) is 1.77. The van der Waals surface area contributed by atoms with Gasteiger partial charge in [0.15, 0.2) is 0 Å². The number of alkyl halides is 3. The summed E-state index contributed by atoms with van der Waals surface area (Å²) >= 11 is 0. The molecule has 1 unspecified atom stereocenters. The molecule has 0 saturated heterocycles. The highest BCUT2D eigenvalue weighted by Crippen LogP contribution is 2.24.